The second-order valence-corrected chi connectivity index (χ2v) is 6.95. The zero-order valence-corrected chi connectivity index (χ0v) is 13.6. The molecule has 0 radical (unpaired) electrons. The first-order valence-corrected chi connectivity index (χ1v) is 8.77. The molecular formula is C16H24N2O2S. The minimum absolute atomic E-state index is 0.00734. The van der Waals surface area contributed by atoms with Gasteiger partial charge >= 0.3 is 0 Å². The van der Waals surface area contributed by atoms with Crippen molar-refractivity contribution in [2.24, 2.45) is 0 Å². The number of nitrogens with one attached hydrogen (secondary N) is 1. The van der Waals surface area contributed by atoms with Gasteiger partial charge in [0, 0.05) is 7.11 Å². The van der Waals surface area contributed by atoms with Crippen molar-refractivity contribution in [1.82, 2.24) is 10.2 Å². The van der Waals surface area contributed by atoms with E-state index in [9.17, 15) is 4.79 Å². The van der Waals surface area contributed by atoms with Gasteiger partial charge in [-0.2, -0.15) is 11.3 Å². The van der Waals surface area contributed by atoms with Crippen molar-refractivity contribution in [3.05, 3.63) is 22.4 Å². The van der Waals surface area contributed by atoms with E-state index in [0.29, 0.717) is 6.54 Å². The lowest BCUT2D eigenvalue weighted by Crippen LogP contribution is -2.51. The van der Waals surface area contributed by atoms with Gasteiger partial charge in [0.1, 0.15) is 6.17 Å². The Morgan fingerprint density at radius 2 is 2.33 bits per heavy atom. The molecule has 1 saturated heterocycles. The normalized spacial score (nSPS) is 27.9. The second-order valence-electron chi connectivity index (χ2n) is 6.17. The van der Waals surface area contributed by atoms with E-state index in [1.165, 1.54) is 12.0 Å². The maximum Gasteiger partial charge on any atom is 0.241 e. The summed E-state index contributed by atoms with van der Waals surface area (Å²) in [7, 11) is 1.77. The lowest BCUT2D eigenvalue weighted by molar-refractivity contribution is -0.140. The van der Waals surface area contributed by atoms with E-state index in [1.54, 1.807) is 18.4 Å². The molecule has 21 heavy (non-hydrogen) atoms. The molecule has 0 spiro atoms. The Morgan fingerprint density at radius 1 is 1.52 bits per heavy atom. The number of amides is 1. The van der Waals surface area contributed by atoms with Gasteiger partial charge in [-0.3, -0.25) is 10.1 Å². The minimum atomic E-state index is -0.118. The number of rotatable bonds is 6. The number of methoxy groups -OCH3 is 1. The summed E-state index contributed by atoms with van der Waals surface area (Å²) >= 11 is 1.68. The van der Waals surface area contributed by atoms with Gasteiger partial charge in [-0.15, -0.1) is 0 Å². The number of carbonyl (C=O) groups is 1. The summed E-state index contributed by atoms with van der Waals surface area (Å²) in [6.07, 6.45) is 5.24. The molecule has 1 N–H and O–H groups in total. The molecule has 5 heteroatoms. The SMILES string of the molecule is CCCC1NC(c2ccsc2)N(CC2(OC)CCC2)C1=O. The van der Waals surface area contributed by atoms with Crippen molar-refractivity contribution in [3.8, 4) is 0 Å². The van der Waals surface area contributed by atoms with Gasteiger partial charge in [0.25, 0.3) is 0 Å². The molecule has 1 aromatic rings. The van der Waals surface area contributed by atoms with Gasteiger partial charge < -0.3 is 9.64 Å². The van der Waals surface area contributed by atoms with Gasteiger partial charge in [0.2, 0.25) is 5.91 Å². The third kappa shape index (κ3) is 2.74. The van der Waals surface area contributed by atoms with Crippen molar-refractivity contribution >= 4 is 17.2 Å². The van der Waals surface area contributed by atoms with Gasteiger partial charge in [0.05, 0.1) is 18.2 Å². The third-order valence-corrected chi connectivity index (χ3v) is 5.55. The van der Waals surface area contributed by atoms with Crippen LogP contribution in [0.1, 0.15) is 50.8 Å². The first-order chi connectivity index (χ1) is 10.2. The fourth-order valence-electron chi connectivity index (χ4n) is 3.36. The van der Waals surface area contributed by atoms with E-state index in [2.05, 4.69) is 29.1 Å². The number of nitrogens with zero attached hydrogens (tertiary/aromatic N) is 1. The van der Waals surface area contributed by atoms with Gasteiger partial charge in [-0.1, -0.05) is 13.3 Å². The molecule has 4 nitrogen and oxygen atoms in total. The standard InChI is InChI=1S/C16H24N2O2S/c1-3-5-13-15(19)18(11-16(20-2)7-4-8-16)14(17-13)12-6-9-21-10-12/h6,9-10,13-14,17H,3-5,7-8,11H2,1-2H3. The Kier molecular flexibility index (Phi) is 4.33. The summed E-state index contributed by atoms with van der Waals surface area (Å²) in [4.78, 5) is 14.8. The maximum absolute atomic E-state index is 12.7. The van der Waals surface area contributed by atoms with E-state index in [0.717, 1.165) is 25.7 Å². The summed E-state index contributed by atoms with van der Waals surface area (Å²) in [6, 6.07) is 2.06. The molecule has 2 unspecified atom stereocenters. The lowest BCUT2D eigenvalue weighted by Gasteiger charge is -2.44. The van der Waals surface area contributed by atoms with Gasteiger partial charge in [0.15, 0.2) is 0 Å². The Bertz CT molecular complexity index is 479. The Balaban J connectivity index is 1.81. The minimum Gasteiger partial charge on any atom is -0.376 e. The van der Waals surface area contributed by atoms with Gasteiger partial charge in [-0.25, -0.2) is 0 Å². The molecule has 2 atom stereocenters. The molecule has 2 aliphatic rings. The molecule has 1 aromatic heterocycles. The summed E-state index contributed by atoms with van der Waals surface area (Å²) in [5.41, 5.74) is 1.07. The highest BCUT2D eigenvalue weighted by Gasteiger charge is 2.46. The highest BCUT2D eigenvalue weighted by atomic mass is 32.1. The van der Waals surface area contributed by atoms with Crippen LogP contribution in [0.25, 0.3) is 0 Å². The average molecular weight is 308 g/mol. The molecule has 1 saturated carbocycles. The van der Waals surface area contributed by atoms with E-state index < -0.39 is 0 Å². The van der Waals surface area contributed by atoms with Crippen LogP contribution in [0.3, 0.4) is 0 Å². The molecule has 0 aromatic carbocycles. The topological polar surface area (TPSA) is 41.6 Å². The smallest absolute Gasteiger partial charge is 0.241 e. The number of carbonyl (C=O) groups excluding carboxylic acids is 1. The number of thiophene rings is 1. The zero-order chi connectivity index (χ0) is 14.9. The monoisotopic (exact) mass is 308 g/mol. The van der Waals surface area contributed by atoms with Crippen LogP contribution in [-0.4, -0.2) is 36.1 Å². The van der Waals surface area contributed by atoms with Crippen LogP contribution in [-0.2, 0) is 9.53 Å². The molecule has 0 bridgehead atoms. The van der Waals surface area contributed by atoms with Crippen molar-refractivity contribution in [1.29, 1.82) is 0 Å². The van der Waals surface area contributed by atoms with Crippen LogP contribution in [0.4, 0.5) is 0 Å². The van der Waals surface area contributed by atoms with Crippen molar-refractivity contribution in [3.63, 3.8) is 0 Å². The van der Waals surface area contributed by atoms with Crippen molar-refractivity contribution < 1.29 is 9.53 Å². The van der Waals surface area contributed by atoms with Crippen LogP contribution in [0.2, 0.25) is 0 Å². The maximum atomic E-state index is 12.7. The number of hydrogen-bond donors (Lipinski definition) is 1. The molecule has 2 fully saturated rings. The molecule has 1 aliphatic heterocycles. The summed E-state index contributed by atoms with van der Waals surface area (Å²) < 4.78 is 5.73. The van der Waals surface area contributed by atoms with E-state index >= 15 is 0 Å². The molecule has 1 aliphatic carbocycles. The molecule has 116 valence electrons. The number of ether oxygens (including phenoxy) is 1. The fourth-order valence-corrected chi connectivity index (χ4v) is 4.04. The van der Waals surface area contributed by atoms with E-state index in [4.69, 9.17) is 4.74 Å². The van der Waals surface area contributed by atoms with Crippen LogP contribution < -0.4 is 5.32 Å². The molecule has 1 amide bonds. The summed E-state index contributed by atoms with van der Waals surface area (Å²) in [5, 5.41) is 7.72. The first-order valence-electron chi connectivity index (χ1n) is 7.83. The highest BCUT2D eigenvalue weighted by Crippen LogP contribution is 2.39. The predicted octanol–water partition coefficient (Wildman–Crippen LogP) is 2.92. The van der Waals surface area contributed by atoms with E-state index in [1.807, 2.05) is 4.90 Å². The Hall–Kier alpha value is -0.910. The predicted molar refractivity (Wildman–Crippen MR) is 84.2 cm³/mol. The van der Waals surface area contributed by atoms with Crippen LogP contribution in [0.15, 0.2) is 16.8 Å². The van der Waals surface area contributed by atoms with Crippen LogP contribution >= 0.6 is 11.3 Å². The first kappa shape index (κ1) is 15.0. The second kappa shape index (κ2) is 6.07. The average Bonchev–Trinajstić information content (AvgIpc) is 3.05. The third-order valence-electron chi connectivity index (χ3n) is 4.84. The largest absolute Gasteiger partial charge is 0.376 e. The van der Waals surface area contributed by atoms with Crippen molar-refractivity contribution in [2.75, 3.05) is 13.7 Å². The summed E-state index contributed by atoms with van der Waals surface area (Å²) in [6.45, 7) is 2.83. The van der Waals surface area contributed by atoms with E-state index in [-0.39, 0.29) is 23.7 Å². The molecule has 3 rings (SSSR count). The van der Waals surface area contributed by atoms with Crippen LogP contribution in [0, 0.1) is 0 Å². The van der Waals surface area contributed by atoms with Gasteiger partial charge in [-0.05, 0) is 48.1 Å². The number of hydrogen-bond acceptors (Lipinski definition) is 4. The summed E-state index contributed by atoms with van der Waals surface area (Å²) in [5.74, 6) is 0.233. The highest BCUT2D eigenvalue weighted by molar-refractivity contribution is 7.07. The molecular weight excluding hydrogens is 284 g/mol. The Morgan fingerprint density at radius 3 is 2.86 bits per heavy atom. The molecule has 2 heterocycles. The Labute approximate surface area is 130 Å². The zero-order valence-electron chi connectivity index (χ0n) is 12.8. The van der Waals surface area contributed by atoms with Crippen LogP contribution in [0.5, 0.6) is 0 Å². The quantitative estimate of drug-likeness (QED) is 0.878. The fraction of sp³-hybridized carbons (Fsp3) is 0.688. The van der Waals surface area contributed by atoms with Crippen molar-refractivity contribution in [2.45, 2.75) is 56.8 Å². The lowest BCUT2D eigenvalue weighted by atomic mass is 9.79.